The Morgan fingerprint density at radius 3 is 2.93 bits per heavy atom. The summed E-state index contributed by atoms with van der Waals surface area (Å²) in [5.41, 5.74) is 2.49. The van der Waals surface area contributed by atoms with Gasteiger partial charge in [0.25, 0.3) is 0 Å². The lowest BCUT2D eigenvalue weighted by molar-refractivity contribution is 0.778. The van der Waals surface area contributed by atoms with Crippen LogP contribution in [0, 0.1) is 0 Å². The first kappa shape index (κ1) is 11.7. The van der Waals surface area contributed by atoms with E-state index in [1.807, 2.05) is 11.8 Å². The highest BCUT2D eigenvalue weighted by molar-refractivity contribution is 7.98. The van der Waals surface area contributed by atoms with Crippen molar-refractivity contribution >= 4 is 28.2 Å². The van der Waals surface area contributed by atoms with Gasteiger partial charge in [0, 0.05) is 5.75 Å². The highest BCUT2D eigenvalue weighted by Crippen LogP contribution is 2.19. The minimum atomic E-state index is 0.689. The maximum atomic E-state index is 5.21. The molecule has 1 aromatic rings. The maximum Gasteiger partial charge on any atom is 0.219 e. The van der Waals surface area contributed by atoms with Crippen LogP contribution in [0.2, 0.25) is 0 Å². The Hall–Kier alpha value is -0.330. The Bertz CT molecular complexity index is 251. The van der Waals surface area contributed by atoms with Crippen molar-refractivity contribution in [2.24, 2.45) is 5.84 Å². The fourth-order valence-corrected chi connectivity index (χ4v) is 2.70. The summed E-state index contributed by atoms with van der Waals surface area (Å²) in [4.78, 5) is 0. The second kappa shape index (κ2) is 7.03. The fraction of sp³-hybridized carbons (Fsp3) is 0.750. The van der Waals surface area contributed by atoms with Crippen molar-refractivity contribution in [3.63, 3.8) is 0 Å². The van der Waals surface area contributed by atoms with Gasteiger partial charge in [-0.25, -0.2) is 5.84 Å². The molecule has 0 aliphatic heterocycles. The Kier molecular flexibility index (Phi) is 5.89. The molecule has 0 amide bonds. The number of hydrogen-bond donors (Lipinski definition) is 2. The van der Waals surface area contributed by atoms with Crippen LogP contribution < -0.4 is 11.3 Å². The highest BCUT2D eigenvalue weighted by Gasteiger charge is 2.01. The van der Waals surface area contributed by atoms with Crippen molar-refractivity contribution in [3.05, 3.63) is 5.01 Å². The maximum absolute atomic E-state index is 5.21. The largest absolute Gasteiger partial charge is 0.298 e. The molecule has 0 aromatic carbocycles. The number of nitrogens with zero attached hydrogens (tertiary/aromatic N) is 2. The number of hydrogen-bond acceptors (Lipinski definition) is 6. The number of thioether (sulfide) groups is 1. The van der Waals surface area contributed by atoms with Gasteiger partial charge in [0.2, 0.25) is 5.13 Å². The van der Waals surface area contributed by atoms with E-state index < -0.39 is 0 Å². The molecule has 0 bridgehead atoms. The van der Waals surface area contributed by atoms with E-state index in [2.05, 4.69) is 22.5 Å². The van der Waals surface area contributed by atoms with Crippen molar-refractivity contribution in [1.29, 1.82) is 0 Å². The SMILES string of the molecule is CCCCCSCc1nnc(NN)s1. The lowest BCUT2D eigenvalue weighted by Gasteiger charge is -1.96. The summed E-state index contributed by atoms with van der Waals surface area (Å²) in [6.45, 7) is 2.22. The quantitative estimate of drug-likeness (QED) is 0.429. The molecule has 80 valence electrons. The molecule has 0 fully saturated rings. The molecule has 0 saturated heterocycles. The van der Waals surface area contributed by atoms with Crippen LogP contribution in [0.3, 0.4) is 0 Å². The average molecular weight is 232 g/mol. The third-order valence-electron chi connectivity index (χ3n) is 1.71. The summed E-state index contributed by atoms with van der Waals surface area (Å²) < 4.78 is 0. The number of rotatable bonds is 7. The summed E-state index contributed by atoms with van der Waals surface area (Å²) in [6, 6.07) is 0. The minimum Gasteiger partial charge on any atom is -0.298 e. The first-order chi connectivity index (χ1) is 6.86. The number of nitrogens with one attached hydrogen (secondary N) is 1. The summed E-state index contributed by atoms with van der Waals surface area (Å²) in [5, 5.41) is 9.61. The molecule has 0 unspecified atom stereocenters. The lowest BCUT2D eigenvalue weighted by Crippen LogP contribution is -2.05. The number of anilines is 1. The zero-order chi connectivity index (χ0) is 10.2. The normalized spacial score (nSPS) is 10.4. The first-order valence-electron chi connectivity index (χ1n) is 4.73. The van der Waals surface area contributed by atoms with E-state index >= 15 is 0 Å². The Morgan fingerprint density at radius 1 is 1.43 bits per heavy atom. The molecule has 0 radical (unpaired) electrons. The molecular formula is C8H16N4S2. The Labute approximate surface area is 92.7 Å². The van der Waals surface area contributed by atoms with Crippen LogP contribution in [0.15, 0.2) is 0 Å². The van der Waals surface area contributed by atoms with Gasteiger partial charge in [-0.3, -0.25) is 5.43 Å². The van der Waals surface area contributed by atoms with E-state index in [1.165, 1.54) is 36.4 Å². The van der Waals surface area contributed by atoms with E-state index in [0.717, 1.165) is 10.8 Å². The van der Waals surface area contributed by atoms with Crippen LogP contribution in [-0.4, -0.2) is 16.0 Å². The molecule has 1 heterocycles. The van der Waals surface area contributed by atoms with Crippen molar-refractivity contribution in [3.8, 4) is 0 Å². The number of aromatic nitrogens is 2. The summed E-state index contributed by atoms with van der Waals surface area (Å²) in [6.07, 6.45) is 3.89. The van der Waals surface area contributed by atoms with Crippen molar-refractivity contribution < 1.29 is 0 Å². The van der Waals surface area contributed by atoms with Crippen LogP contribution in [0.25, 0.3) is 0 Å². The molecular weight excluding hydrogens is 216 g/mol. The van der Waals surface area contributed by atoms with E-state index in [4.69, 9.17) is 5.84 Å². The molecule has 0 aliphatic carbocycles. The van der Waals surface area contributed by atoms with E-state index in [-0.39, 0.29) is 0 Å². The van der Waals surface area contributed by atoms with E-state index in [9.17, 15) is 0 Å². The molecule has 4 nitrogen and oxygen atoms in total. The van der Waals surface area contributed by atoms with Crippen LogP contribution in [0.5, 0.6) is 0 Å². The third-order valence-corrected chi connectivity index (χ3v) is 3.80. The molecule has 3 N–H and O–H groups in total. The van der Waals surface area contributed by atoms with Crippen molar-refractivity contribution in [2.45, 2.75) is 31.9 Å². The smallest absolute Gasteiger partial charge is 0.219 e. The number of nitrogens with two attached hydrogens (primary N) is 1. The van der Waals surface area contributed by atoms with Gasteiger partial charge in [-0.1, -0.05) is 31.1 Å². The van der Waals surface area contributed by atoms with Crippen LogP contribution >= 0.6 is 23.1 Å². The molecule has 0 spiro atoms. The Morgan fingerprint density at radius 2 is 2.29 bits per heavy atom. The first-order valence-corrected chi connectivity index (χ1v) is 6.70. The van der Waals surface area contributed by atoms with Gasteiger partial charge in [-0.05, 0) is 12.2 Å². The molecule has 0 aliphatic rings. The molecule has 0 atom stereocenters. The second-order valence-electron chi connectivity index (χ2n) is 2.90. The summed E-state index contributed by atoms with van der Waals surface area (Å²) >= 11 is 3.43. The van der Waals surface area contributed by atoms with Gasteiger partial charge < -0.3 is 0 Å². The van der Waals surface area contributed by atoms with E-state index in [0.29, 0.717) is 5.13 Å². The number of hydrazine groups is 1. The topological polar surface area (TPSA) is 63.8 Å². The number of unbranched alkanes of at least 4 members (excludes halogenated alkanes) is 2. The zero-order valence-corrected chi connectivity index (χ0v) is 9.96. The van der Waals surface area contributed by atoms with Gasteiger partial charge in [-0.15, -0.1) is 10.2 Å². The lowest BCUT2D eigenvalue weighted by atomic mass is 10.3. The highest BCUT2D eigenvalue weighted by atomic mass is 32.2. The zero-order valence-electron chi connectivity index (χ0n) is 8.32. The standard InChI is InChI=1S/C8H16N4S2/c1-2-3-4-5-13-6-7-11-12-8(10-9)14-7/h2-6,9H2,1H3,(H,10,12). The monoisotopic (exact) mass is 232 g/mol. The fourth-order valence-electron chi connectivity index (χ4n) is 0.984. The van der Waals surface area contributed by atoms with E-state index in [1.54, 1.807) is 0 Å². The van der Waals surface area contributed by atoms with Gasteiger partial charge in [0.15, 0.2) is 0 Å². The predicted molar refractivity (Wildman–Crippen MR) is 63.4 cm³/mol. The van der Waals surface area contributed by atoms with Crippen molar-refractivity contribution in [1.82, 2.24) is 10.2 Å². The van der Waals surface area contributed by atoms with Crippen LogP contribution in [-0.2, 0) is 5.75 Å². The van der Waals surface area contributed by atoms with Gasteiger partial charge >= 0.3 is 0 Å². The molecule has 1 rings (SSSR count). The summed E-state index contributed by atoms with van der Waals surface area (Å²) in [5.74, 6) is 7.36. The van der Waals surface area contributed by atoms with Gasteiger partial charge in [0.05, 0.1) is 0 Å². The predicted octanol–water partition coefficient (Wildman–Crippen LogP) is 2.25. The molecule has 6 heteroatoms. The Balaban J connectivity index is 2.12. The third kappa shape index (κ3) is 4.26. The van der Waals surface area contributed by atoms with Gasteiger partial charge in [0.1, 0.15) is 5.01 Å². The number of nitrogen functional groups attached to an aromatic ring is 1. The summed E-state index contributed by atoms with van der Waals surface area (Å²) in [7, 11) is 0. The minimum absolute atomic E-state index is 0.689. The van der Waals surface area contributed by atoms with Crippen LogP contribution in [0.4, 0.5) is 5.13 Å². The van der Waals surface area contributed by atoms with Gasteiger partial charge in [-0.2, -0.15) is 11.8 Å². The molecule has 1 aromatic heterocycles. The molecule has 0 saturated carbocycles. The second-order valence-corrected chi connectivity index (χ2v) is 5.07. The molecule has 14 heavy (non-hydrogen) atoms. The van der Waals surface area contributed by atoms with Crippen LogP contribution in [0.1, 0.15) is 31.2 Å². The average Bonchev–Trinajstić information content (AvgIpc) is 2.65. The van der Waals surface area contributed by atoms with Crippen molar-refractivity contribution in [2.75, 3.05) is 11.2 Å².